The second kappa shape index (κ2) is 6.66. The second-order valence-electron chi connectivity index (χ2n) is 9.12. The van der Waals surface area contributed by atoms with Crippen molar-refractivity contribution >= 4 is 5.91 Å². The summed E-state index contributed by atoms with van der Waals surface area (Å²) in [5, 5.41) is 8.49. The number of nitrogens with one attached hydrogen (secondary N) is 1. The van der Waals surface area contributed by atoms with Crippen LogP contribution in [-0.2, 0) is 11.8 Å². The van der Waals surface area contributed by atoms with Crippen LogP contribution in [0.5, 0.6) is 0 Å². The first-order valence-corrected chi connectivity index (χ1v) is 10.4. The Kier molecular flexibility index (Phi) is 4.62. The van der Waals surface area contributed by atoms with E-state index in [2.05, 4.69) is 24.3 Å². The van der Waals surface area contributed by atoms with Crippen LogP contribution in [0.2, 0.25) is 0 Å². The minimum atomic E-state index is 0.110. The van der Waals surface area contributed by atoms with Crippen molar-refractivity contribution in [2.45, 2.75) is 89.8 Å². The van der Waals surface area contributed by atoms with Gasteiger partial charge in [-0.3, -0.25) is 9.48 Å². The van der Waals surface area contributed by atoms with Crippen LogP contribution in [0.15, 0.2) is 0 Å². The number of rotatable bonds is 3. The van der Waals surface area contributed by atoms with Gasteiger partial charge in [-0.15, -0.1) is 0 Å². The number of hydrogen-bond donors (Lipinski definition) is 1. The molecule has 1 saturated heterocycles. The summed E-state index contributed by atoms with van der Waals surface area (Å²) in [6.45, 7) is 4.19. The van der Waals surface area contributed by atoms with Gasteiger partial charge >= 0.3 is 0 Å². The molecule has 1 aliphatic heterocycles. The number of nitrogens with zero attached hydrogens (tertiary/aromatic N) is 3. The van der Waals surface area contributed by atoms with E-state index >= 15 is 0 Å². The zero-order valence-electron chi connectivity index (χ0n) is 16.8. The minimum absolute atomic E-state index is 0.110. The molecule has 4 rings (SSSR count). The molecule has 2 aliphatic carbocycles. The Morgan fingerprint density at radius 2 is 1.73 bits per heavy atom. The molecule has 3 aliphatic rings. The summed E-state index contributed by atoms with van der Waals surface area (Å²) in [5.41, 5.74) is 4.13. The van der Waals surface area contributed by atoms with Gasteiger partial charge in [-0.1, -0.05) is 12.8 Å². The highest BCUT2D eigenvalue weighted by atomic mass is 16.2. The second-order valence-corrected chi connectivity index (χ2v) is 9.12. The number of hydrogen-bond acceptors (Lipinski definition) is 3. The lowest BCUT2D eigenvalue weighted by Gasteiger charge is -2.39. The molecular weight excluding hydrogens is 324 g/mol. The average Bonchev–Trinajstić information content (AvgIpc) is 3.24. The lowest BCUT2D eigenvalue weighted by Crippen LogP contribution is -2.44. The van der Waals surface area contributed by atoms with Crippen LogP contribution in [0.1, 0.15) is 80.8 Å². The molecule has 2 atom stereocenters. The van der Waals surface area contributed by atoms with Crippen LogP contribution in [0.4, 0.5) is 0 Å². The molecule has 2 heterocycles. The Morgan fingerprint density at radius 3 is 2.31 bits per heavy atom. The number of likely N-dealkylation sites (N-methyl/N-ethyl adjacent to an activating group) is 1. The van der Waals surface area contributed by atoms with Crippen LogP contribution >= 0.6 is 0 Å². The Hall–Kier alpha value is -1.36. The minimum Gasteiger partial charge on any atom is -0.337 e. The van der Waals surface area contributed by atoms with Crippen molar-refractivity contribution in [3.63, 3.8) is 0 Å². The van der Waals surface area contributed by atoms with Gasteiger partial charge in [0.2, 0.25) is 5.91 Å². The molecule has 3 fully saturated rings. The van der Waals surface area contributed by atoms with Gasteiger partial charge in [-0.25, -0.2) is 0 Å². The van der Waals surface area contributed by atoms with E-state index in [1.807, 2.05) is 23.7 Å². The summed E-state index contributed by atoms with van der Waals surface area (Å²) < 4.78 is 1.95. The Labute approximate surface area is 157 Å². The lowest BCUT2D eigenvalue weighted by atomic mass is 9.71. The van der Waals surface area contributed by atoms with E-state index < -0.39 is 0 Å². The largest absolute Gasteiger partial charge is 0.337 e. The maximum atomic E-state index is 12.5. The molecule has 26 heavy (non-hydrogen) atoms. The summed E-state index contributed by atoms with van der Waals surface area (Å²) in [5.74, 6) is 0.248. The first kappa shape index (κ1) is 18.0. The zero-order chi connectivity index (χ0) is 18.5. The number of likely N-dealkylation sites (tertiary alicyclic amines) is 1. The van der Waals surface area contributed by atoms with E-state index in [0.717, 1.165) is 5.69 Å². The lowest BCUT2D eigenvalue weighted by molar-refractivity contribution is -0.127. The first-order valence-electron chi connectivity index (χ1n) is 10.4. The highest BCUT2D eigenvalue weighted by Gasteiger charge is 2.43. The van der Waals surface area contributed by atoms with Crippen molar-refractivity contribution in [2.24, 2.45) is 12.5 Å². The summed E-state index contributed by atoms with van der Waals surface area (Å²) in [7, 11) is 3.95. The van der Waals surface area contributed by atoms with Gasteiger partial charge in [0.15, 0.2) is 0 Å². The van der Waals surface area contributed by atoms with Crippen LogP contribution in [0, 0.1) is 19.3 Å². The van der Waals surface area contributed by atoms with E-state index in [0.29, 0.717) is 17.9 Å². The number of amides is 1. The van der Waals surface area contributed by atoms with Crippen LogP contribution < -0.4 is 5.32 Å². The van der Waals surface area contributed by atoms with E-state index in [1.54, 1.807) is 0 Å². The molecule has 1 N–H and O–H groups in total. The topological polar surface area (TPSA) is 50.2 Å². The fourth-order valence-electron chi connectivity index (χ4n) is 5.96. The average molecular weight is 359 g/mol. The van der Waals surface area contributed by atoms with Crippen LogP contribution in [0.25, 0.3) is 0 Å². The predicted octanol–water partition coefficient (Wildman–Crippen LogP) is 3.40. The number of aromatic nitrogens is 2. The summed E-state index contributed by atoms with van der Waals surface area (Å²) in [6, 6.07) is 0.876. The molecule has 1 aromatic rings. The highest BCUT2D eigenvalue weighted by Crippen LogP contribution is 2.49. The Balaban J connectivity index is 1.49. The molecule has 2 saturated carbocycles. The van der Waals surface area contributed by atoms with Crippen molar-refractivity contribution in [1.82, 2.24) is 20.0 Å². The van der Waals surface area contributed by atoms with E-state index in [4.69, 9.17) is 0 Å². The van der Waals surface area contributed by atoms with Crippen molar-refractivity contribution in [3.8, 4) is 0 Å². The normalized spacial score (nSPS) is 29.2. The molecule has 1 amide bonds. The quantitative estimate of drug-likeness (QED) is 0.901. The molecule has 0 bridgehead atoms. The molecular formula is C21H34N4O. The molecule has 0 aromatic carbocycles. The van der Waals surface area contributed by atoms with E-state index in [-0.39, 0.29) is 18.0 Å². The number of aryl methyl sites for hydroxylation is 2. The van der Waals surface area contributed by atoms with Gasteiger partial charge in [-0.05, 0) is 57.8 Å². The first-order chi connectivity index (χ1) is 12.4. The Morgan fingerprint density at radius 1 is 1.08 bits per heavy atom. The number of carbonyl (C=O) groups is 1. The van der Waals surface area contributed by atoms with Gasteiger partial charge in [0.25, 0.3) is 0 Å². The summed E-state index contributed by atoms with van der Waals surface area (Å²) in [6.07, 6.45) is 11.6. The Bertz CT molecular complexity index is 678. The standard InChI is InChI=1S/C21H34N4O/c1-14-19(15(2)25(4)23-14)20-17(13-18(26)24(20)3)22-16-7-11-21(12-8-16)9-5-6-10-21/h16-17,20,22H,5-13H2,1-4H3/t17-,20-/m1/s1. The third kappa shape index (κ3) is 2.98. The third-order valence-electron chi connectivity index (χ3n) is 7.61. The molecule has 1 spiro atoms. The molecule has 1 aromatic heterocycles. The predicted molar refractivity (Wildman–Crippen MR) is 103 cm³/mol. The maximum Gasteiger partial charge on any atom is 0.224 e. The zero-order valence-corrected chi connectivity index (χ0v) is 16.8. The van der Waals surface area contributed by atoms with Crippen molar-refractivity contribution < 1.29 is 4.79 Å². The fraction of sp³-hybridized carbons (Fsp3) is 0.810. The van der Waals surface area contributed by atoms with Gasteiger partial charge in [0.1, 0.15) is 0 Å². The fourth-order valence-corrected chi connectivity index (χ4v) is 5.96. The SMILES string of the molecule is Cc1nn(C)c(C)c1[C@H]1[C@H](NC2CCC3(CCCC3)CC2)CC(=O)N1C. The van der Waals surface area contributed by atoms with E-state index in [9.17, 15) is 4.79 Å². The van der Waals surface area contributed by atoms with Crippen LogP contribution in [-0.4, -0.2) is 39.7 Å². The molecule has 0 unspecified atom stereocenters. The summed E-state index contributed by atoms with van der Waals surface area (Å²) in [4.78, 5) is 14.4. The van der Waals surface area contributed by atoms with Crippen molar-refractivity contribution in [2.75, 3.05) is 7.05 Å². The highest BCUT2D eigenvalue weighted by molar-refractivity contribution is 5.80. The van der Waals surface area contributed by atoms with Gasteiger partial charge in [0, 0.05) is 43.9 Å². The van der Waals surface area contributed by atoms with Gasteiger partial charge < -0.3 is 10.2 Å². The molecule has 5 heteroatoms. The molecule has 5 nitrogen and oxygen atoms in total. The van der Waals surface area contributed by atoms with Crippen molar-refractivity contribution in [3.05, 3.63) is 17.0 Å². The van der Waals surface area contributed by atoms with Crippen LogP contribution in [0.3, 0.4) is 0 Å². The smallest absolute Gasteiger partial charge is 0.224 e. The number of carbonyl (C=O) groups excluding carboxylic acids is 1. The van der Waals surface area contributed by atoms with Gasteiger partial charge in [-0.2, -0.15) is 5.10 Å². The van der Waals surface area contributed by atoms with E-state index in [1.165, 1.54) is 62.6 Å². The summed E-state index contributed by atoms with van der Waals surface area (Å²) >= 11 is 0. The molecule has 144 valence electrons. The molecule has 0 radical (unpaired) electrons. The monoisotopic (exact) mass is 358 g/mol. The van der Waals surface area contributed by atoms with Gasteiger partial charge in [0.05, 0.1) is 11.7 Å². The third-order valence-corrected chi connectivity index (χ3v) is 7.61. The van der Waals surface area contributed by atoms with Crippen molar-refractivity contribution in [1.29, 1.82) is 0 Å². The maximum absolute atomic E-state index is 12.5.